The minimum absolute atomic E-state index is 0.234. The second-order valence-corrected chi connectivity index (χ2v) is 5.98. The molecule has 0 radical (unpaired) electrons. The zero-order chi connectivity index (χ0) is 14.0. The number of rotatable bonds is 2. The SMILES string of the molecule is CCCc1ncn2c1CN(C(=O)OC(C)(C)C)CC2. The van der Waals surface area contributed by atoms with Crippen molar-refractivity contribution in [2.45, 2.75) is 59.2 Å². The van der Waals surface area contributed by atoms with E-state index in [1.807, 2.05) is 27.1 Å². The van der Waals surface area contributed by atoms with Crippen molar-refractivity contribution < 1.29 is 9.53 Å². The van der Waals surface area contributed by atoms with Gasteiger partial charge in [0.2, 0.25) is 0 Å². The van der Waals surface area contributed by atoms with Crippen molar-refractivity contribution in [1.29, 1.82) is 0 Å². The molecule has 106 valence electrons. The molecule has 1 aliphatic rings. The minimum Gasteiger partial charge on any atom is -0.444 e. The third-order valence-corrected chi connectivity index (χ3v) is 3.12. The van der Waals surface area contributed by atoms with Gasteiger partial charge in [0.1, 0.15) is 5.60 Å². The van der Waals surface area contributed by atoms with Crippen molar-refractivity contribution in [2.24, 2.45) is 0 Å². The zero-order valence-corrected chi connectivity index (χ0v) is 12.3. The van der Waals surface area contributed by atoms with E-state index in [4.69, 9.17) is 4.74 Å². The number of fused-ring (bicyclic) bond motifs is 1. The van der Waals surface area contributed by atoms with Crippen LogP contribution in [0.1, 0.15) is 45.5 Å². The lowest BCUT2D eigenvalue weighted by molar-refractivity contribution is 0.0198. The van der Waals surface area contributed by atoms with Gasteiger partial charge < -0.3 is 14.2 Å². The molecule has 2 heterocycles. The molecule has 0 aliphatic carbocycles. The van der Waals surface area contributed by atoms with Gasteiger partial charge in [0.25, 0.3) is 0 Å². The van der Waals surface area contributed by atoms with E-state index in [9.17, 15) is 4.79 Å². The van der Waals surface area contributed by atoms with Gasteiger partial charge in [-0.15, -0.1) is 0 Å². The van der Waals surface area contributed by atoms with Crippen LogP contribution in [0.15, 0.2) is 6.33 Å². The Bertz CT molecular complexity index is 460. The minimum atomic E-state index is -0.443. The number of carbonyl (C=O) groups is 1. The quantitative estimate of drug-likeness (QED) is 0.825. The van der Waals surface area contributed by atoms with Crippen molar-refractivity contribution in [1.82, 2.24) is 14.5 Å². The molecule has 0 fully saturated rings. The molecular formula is C14H23N3O2. The number of carbonyl (C=O) groups excluding carboxylic acids is 1. The summed E-state index contributed by atoms with van der Waals surface area (Å²) < 4.78 is 7.57. The van der Waals surface area contributed by atoms with Crippen molar-refractivity contribution in [3.8, 4) is 0 Å². The van der Waals surface area contributed by atoms with Crippen LogP contribution in [0, 0.1) is 0 Å². The highest BCUT2D eigenvalue weighted by Crippen LogP contribution is 2.19. The lowest BCUT2D eigenvalue weighted by Gasteiger charge is -2.31. The predicted molar refractivity (Wildman–Crippen MR) is 72.9 cm³/mol. The summed E-state index contributed by atoms with van der Waals surface area (Å²) in [7, 11) is 0. The molecule has 0 saturated heterocycles. The van der Waals surface area contributed by atoms with Crippen LogP contribution in [-0.2, 0) is 24.2 Å². The van der Waals surface area contributed by atoms with Crippen LogP contribution >= 0.6 is 0 Å². The number of ether oxygens (including phenoxy) is 1. The highest BCUT2D eigenvalue weighted by atomic mass is 16.6. The van der Waals surface area contributed by atoms with Crippen LogP contribution in [0.5, 0.6) is 0 Å². The van der Waals surface area contributed by atoms with E-state index < -0.39 is 5.60 Å². The molecule has 5 nitrogen and oxygen atoms in total. The lowest BCUT2D eigenvalue weighted by atomic mass is 10.2. The monoisotopic (exact) mass is 265 g/mol. The summed E-state index contributed by atoms with van der Waals surface area (Å²) in [5.41, 5.74) is 1.82. The molecule has 0 bridgehead atoms. The molecule has 0 aromatic carbocycles. The van der Waals surface area contributed by atoms with Crippen LogP contribution in [0.4, 0.5) is 4.79 Å². The third-order valence-electron chi connectivity index (χ3n) is 3.12. The molecule has 0 unspecified atom stereocenters. The van der Waals surface area contributed by atoms with Gasteiger partial charge in [-0.1, -0.05) is 13.3 Å². The Morgan fingerprint density at radius 2 is 2.16 bits per heavy atom. The first-order valence-electron chi connectivity index (χ1n) is 6.91. The average molecular weight is 265 g/mol. The second-order valence-electron chi connectivity index (χ2n) is 5.98. The fraction of sp³-hybridized carbons (Fsp3) is 0.714. The molecule has 2 rings (SSSR count). The Balaban J connectivity index is 2.08. The Hall–Kier alpha value is -1.52. The number of nitrogens with zero attached hydrogens (tertiary/aromatic N) is 3. The van der Waals surface area contributed by atoms with E-state index in [-0.39, 0.29) is 6.09 Å². The Labute approximate surface area is 114 Å². The molecule has 1 aromatic rings. The van der Waals surface area contributed by atoms with E-state index in [1.54, 1.807) is 4.90 Å². The largest absolute Gasteiger partial charge is 0.444 e. The summed E-state index contributed by atoms with van der Waals surface area (Å²) >= 11 is 0. The van der Waals surface area contributed by atoms with Crippen LogP contribution in [0.2, 0.25) is 0 Å². The molecule has 1 aliphatic heterocycles. The van der Waals surface area contributed by atoms with Gasteiger partial charge >= 0.3 is 6.09 Å². The van der Waals surface area contributed by atoms with E-state index >= 15 is 0 Å². The van der Waals surface area contributed by atoms with Gasteiger partial charge in [-0.05, 0) is 27.2 Å². The van der Waals surface area contributed by atoms with E-state index in [1.165, 1.54) is 0 Å². The highest BCUT2D eigenvalue weighted by Gasteiger charge is 2.27. The van der Waals surface area contributed by atoms with Crippen molar-refractivity contribution in [2.75, 3.05) is 6.54 Å². The van der Waals surface area contributed by atoms with Crippen LogP contribution in [0.3, 0.4) is 0 Å². The molecule has 19 heavy (non-hydrogen) atoms. The van der Waals surface area contributed by atoms with Crippen LogP contribution < -0.4 is 0 Å². The van der Waals surface area contributed by atoms with E-state index in [0.29, 0.717) is 13.1 Å². The maximum atomic E-state index is 12.1. The summed E-state index contributed by atoms with van der Waals surface area (Å²) in [6.45, 7) is 9.89. The number of aromatic nitrogens is 2. The van der Waals surface area contributed by atoms with E-state index in [2.05, 4.69) is 16.5 Å². The maximum Gasteiger partial charge on any atom is 0.410 e. The molecular weight excluding hydrogens is 242 g/mol. The Morgan fingerprint density at radius 1 is 1.42 bits per heavy atom. The van der Waals surface area contributed by atoms with Gasteiger partial charge in [-0.3, -0.25) is 0 Å². The Morgan fingerprint density at radius 3 is 2.79 bits per heavy atom. The van der Waals surface area contributed by atoms with Crippen molar-refractivity contribution >= 4 is 6.09 Å². The topological polar surface area (TPSA) is 47.4 Å². The zero-order valence-electron chi connectivity index (χ0n) is 12.3. The normalized spacial score (nSPS) is 15.3. The van der Waals surface area contributed by atoms with Gasteiger partial charge in [0, 0.05) is 13.1 Å². The van der Waals surface area contributed by atoms with E-state index in [0.717, 1.165) is 30.8 Å². The third kappa shape index (κ3) is 3.28. The summed E-state index contributed by atoms with van der Waals surface area (Å²) in [5.74, 6) is 0. The van der Waals surface area contributed by atoms with Crippen LogP contribution in [0.25, 0.3) is 0 Å². The first kappa shape index (κ1) is 13.9. The lowest BCUT2D eigenvalue weighted by Crippen LogP contribution is -2.41. The first-order chi connectivity index (χ1) is 8.90. The molecule has 0 spiro atoms. The number of hydrogen-bond donors (Lipinski definition) is 0. The highest BCUT2D eigenvalue weighted by molar-refractivity contribution is 5.68. The predicted octanol–water partition coefficient (Wildman–Crippen LogP) is 2.59. The number of amides is 1. The fourth-order valence-electron chi connectivity index (χ4n) is 2.24. The number of imidazole rings is 1. The van der Waals surface area contributed by atoms with Gasteiger partial charge in [-0.2, -0.15) is 0 Å². The van der Waals surface area contributed by atoms with Crippen molar-refractivity contribution in [3.63, 3.8) is 0 Å². The maximum absolute atomic E-state index is 12.1. The number of aryl methyl sites for hydroxylation is 1. The van der Waals surface area contributed by atoms with Crippen molar-refractivity contribution in [3.05, 3.63) is 17.7 Å². The molecule has 0 N–H and O–H groups in total. The Kier molecular flexibility index (Phi) is 3.83. The smallest absolute Gasteiger partial charge is 0.410 e. The summed E-state index contributed by atoms with van der Waals surface area (Å²) in [6.07, 6.45) is 3.68. The van der Waals surface area contributed by atoms with Gasteiger partial charge in [0.05, 0.1) is 24.3 Å². The van der Waals surface area contributed by atoms with Gasteiger partial charge in [0.15, 0.2) is 0 Å². The molecule has 5 heteroatoms. The average Bonchev–Trinajstić information content (AvgIpc) is 2.70. The summed E-state index contributed by atoms with van der Waals surface area (Å²) in [5, 5.41) is 0. The van der Waals surface area contributed by atoms with Crippen LogP contribution in [-0.4, -0.2) is 32.7 Å². The standard InChI is InChI=1S/C14H23N3O2/c1-5-6-11-12-9-16(7-8-17(12)10-15-11)13(18)19-14(2,3)4/h10H,5-9H2,1-4H3. The number of hydrogen-bond acceptors (Lipinski definition) is 3. The molecule has 1 amide bonds. The molecule has 0 saturated carbocycles. The van der Waals surface area contributed by atoms with Gasteiger partial charge in [-0.25, -0.2) is 9.78 Å². The molecule has 1 aromatic heterocycles. The summed E-state index contributed by atoms with van der Waals surface area (Å²) in [4.78, 5) is 18.3. The second kappa shape index (κ2) is 5.23. The fourth-order valence-corrected chi connectivity index (χ4v) is 2.24. The first-order valence-corrected chi connectivity index (χ1v) is 6.91. The summed E-state index contributed by atoms with van der Waals surface area (Å²) in [6, 6.07) is 0. The molecule has 0 atom stereocenters.